The maximum absolute atomic E-state index is 13.7. The quantitative estimate of drug-likeness (QED) is 0.705. The smallest absolute Gasteiger partial charge is 0.224 e. The van der Waals surface area contributed by atoms with Crippen molar-refractivity contribution >= 4 is 17.5 Å². The van der Waals surface area contributed by atoms with Gasteiger partial charge in [0.1, 0.15) is 0 Å². The molecule has 1 aromatic carbocycles. The molecule has 2 heterocycles. The lowest BCUT2D eigenvalue weighted by Crippen LogP contribution is -2.42. The SMILES string of the molecule is Cc1nn([C@H](C)CC(=O)N2CCC[C@H](COc3ccccc3F)C2)c(C)c1Cl. The van der Waals surface area contributed by atoms with Crippen molar-refractivity contribution in [3.8, 4) is 5.75 Å². The number of aromatic nitrogens is 2. The highest BCUT2D eigenvalue weighted by Crippen LogP contribution is 2.25. The Bertz CT molecular complexity index is 839. The molecule has 5 nitrogen and oxygen atoms in total. The average Bonchev–Trinajstić information content (AvgIpc) is 2.95. The fourth-order valence-electron chi connectivity index (χ4n) is 3.74. The fourth-order valence-corrected chi connectivity index (χ4v) is 3.86. The topological polar surface area (TPSA) is 47.4 Å². The molecule has 7 heteroatoms. The highest BCUT2D eigenvalue weighted by atomic mass is 35.5. The summed E-state index contributed by atoms with van der Waals surface area (Å²) in [5, 5.41) is 5.11. The summed E-state index contributed by atoms with van der Waals surface area (Å²) in [7, 11) is 0. The lowest BCUT2D eigenvalue weighted by atomic mass is 9.98. The number of likely N-dealkylation sites (tertiary alicyclic amines) is 1. The summed E-state index contributed by atoms with van der Waals surface area (Å²) in [6.07, 6.45) is 2.27. The van der Waals surface area contributed by atoms with Crippen LogP contribution >= 0.6 is 11.6 Å². The van der Waals surface area contributed by atoms with Crippen molar-refractivity contribution in [2.75, 3.05) is 19.7 Å². The van der Waals surface area contributed by atoms with Crippen LogP contribution in [0.3, 0.4) is 0 Å². The first kappa shape index (κ1) is 20.6. The van der Waals surface area contributed by atoms with E-state index in [0.29, 0.717) is 24.6 Å². The number of halogens is 2. The van der Waals surface area contributed by atoms with Crippen LogP contribution in [0.25, 0.3) is 0 Å². The molecule has 152 valence electrons. The number of carbonyl (C=O) groups is 1. The Morgan fingerprint density at radius 1 is 1.39 bits per heavy atom. The summed E-state index contributed by atoms with van der Waals surface area (Å²) in [6, 6.07) is 6.34. The van der Waals surface area contributed by atoms with E-state index in [0.717, 1.165) is 30.8 Å². The first-order chi connectivity index (χ1) is 13.4. The van der Waals surface area contributed by atoms with Gasteiger partial charge in [-0.05, 0) is 45.7 Å². The molecular weight excluding hydrogens is 381 g/mol. The molecule has 2 aromatic rings. The average molecular weight is 408 g/mol. The lowest BCUT2D eigenvalue weighted by molar-refractivity contribution is -0.134. The van der Waals surface area contributed by atoms with Crippen LogP contribution in [-0.2, 0) is 4.79 Å². The maximum Gasteiger partial charge on any atom is 0.224 e. The van der Waals surface area contributed by atoms with Crippen molar-refractivity contribution in [3.05, 3.63) is 46.5 Å². The summed E-state index contributed by atoms with van der Waals surface area (Å²) < 4.78 is 21.2. The third kappa shape index (κ3) is 4.66. The molecule has 1 amide bonds. The van der Waals surface area contributed by atoms with Crippen LogP contribution < -0.4 is 4.74 Å². The Kier molecular flexibility index (Phi) is 6.60. The normalized spacial score (nSPS) is 18.2. The molecule has 0 bridgehead atoms. The minimum absolute atomic E-state index is 0.0614. The Hall–Kier alpha value is -2.08. The molecular formula is C21H27ClFN3O2. The number of carbonyl (C=O) groups excluding carboxylic acids is 1. The number of nitrogens with zero attached hydrogens (tertiary/aromatic N) is 3. The van der Waals surface area contributed by atoms with Crippen molar-refractivity contribution in [3.63, 3.8) is 0 Å². The number of para-hydroxylation sites is 1. The number of hydrogen-bond acceptors (Lipinski definition) is 3. The van der Waals surface area contributed by atoms with Crippen molar-refractivity contribution in [1.29, 1.82) is 0 Å². The number of amides is 1. The van der Waals surface area contributed by atoms with Crippen molar-refractivity contribution < 1.29 is 13.9 Å². The molecule has 0 radical (unpaired) electrons. The second-order valence-corrected chi connectivity index (χ2v) is 7.95. The summed E-state index contributed by atoms with van der Waals surface area (Å²) in [6.45, 7) is 7.56. The highest BCUT2D eigenvalue weighted by Gasteiger charge is 2.26. The molecule has 0 saturated carbocycles. The minimum atomic E-state index is -0.358. The second kappa shape index (κ2) is 8.95. The Morgan fingerprint density at radius 2 is 2.14 bits per heavy atom. The zero-order valence-corrected chi connectivity index (χ0v) is 17.4. The van der Waals surface area contributed by atoms with E-state index >= 15 is 0 Å². The monoisotopic (exact) mass is 407 g/mol. The summed E-state index contributed by atoms with van der Waals surface area (Å²) in [5.41, 5.74) is 1.66. The first-order valence-electron chi connectivity index (χ1n) is 9.73. The van der Waals surface area contributed by atoms with Gasteiger partial charge in [0.25, 0.3) is 0 Å². The van der Waals surface area contributed by atoms with Crippen LogP contribution in [0.4, 0.5) is 4.39 Å². The van der Waals surface area contributed by atoms with Gasteiger partial charge in [-0.3, -0.25) is 9.48 Å². The van der Waals surface area contributed by atoms with Crippen LogP contribution in [0.1, 0.15) is 43.6 Å². The van der Waals surface area contributed by atoms with Gasteiger partial charge in [0.2, 0.25) is 5.91 Å². The first-order valence-corrected chi connectivity index (χ1v) is 10.1. The van der Waals surface area contributed by atoms with Crippen LogP contribution in [0.2, 0.25) is 5.02 Å². The molecule has 1 aromatic heterocycles. The summed E-state index contributed by atoms with van der Waals surface area (Å²) in [5.74, 6) is 0.215. The molecule has 0 N–H and O–H groups in total. The van der Waals surface area contributed by atoms with Gasteiger partial charge < -0.3 is 9.64 Å². The fraction of sp³-hybridized carbons (Fsp3) is 0.524. The number of hydrogen-bond donors (Lipinski definition) is 0. The van der Waals surface area contributed by atoms with Gasteiger partial charge in [-0.2, -0.15) is 5.10 Å². The second-order valence-electron chi connectivity index (χ2n) is 7.57. The molecule has 0 unspecified atom stereocenters. The standard InChI is InChI=1S/C21H27ClFN3O2/c1-14(26-16(3)21(22)15(2)24-26)11-20(27)25-10-6-7-17(12-25)13-28-19-9-5-4-8-18(19)23/h4-5,8-9,14,17H,6-7,10-13H2,1-3H3/t14-,17+/m1/s1. The third-order valence-electron chi connectivity index (χ3n) is 5.31. The Morgan fingerprint density at radius 3 is 2.82 bits per heavy atom. The Balaban J connectivity index is 1.55. The van der Waals surface area contributed by atoms with Gasteiger partial charge in [0.15, 0.2) is 11.6 Å². The van der Waals surface area contributed by atoms with Crippen molar-refractivity contribution in [1.82, 2.24) is 14.7 Å². The molecule has 1 aliphatic rings. The van der Waals surface area contributed by atoms with E-state index in [9.17, 15) is 9.18 Å². The van der Waals surface area contributed by atoms with E-state index in [-0.39, 0.29) is 29.4 Å². The number of rotatable bonds is 6. The van der Waals surface area contributed by atoms with Crippen LogP contribution in [0, 0.1) is 25.6 Å². The third-order valence-corrected chi connectivity index (χ3v) is 5.85. The largest absolute Gasteiger partial charge is 0.490 e. The van der Waals surface area contributed by atoms with E-state index in [1.54, 1.807) is 18.2 Å². The van der Waals surface area contributed by atoms with E-state index in [1.165, 1.54) is 6.07 Å². The summed E-state index contributed by atoms with van der Waals surface area (Å²) in [4.78, 5) is 14.7. The predicted octanol–water partition coefficient (Wildman–Crippen LogP) is 4.56. The zero-order chi connectivity index (χ0) is 20.3. The molecule has 1 saturated heterocycles. The van der Waals surface area contributed by atoms with Gasteiger partial charge in [-0.25, -0.2) is 4.39 Å². The maximum atomic E-state index is 13.7. The molecule has 28 heavy (non-hydrogen) atoms. The van der Waals surface area contributed by atoms with E-state index in [4.69, 9.17) is 16.3 Å². The molecule has 3 rings (SSSR count). The lowest BCUT2D eigenvalue weighted by Gasteiger charge is -2.33. The number of ether oxygens (including phenoxy) is 1. The molecule has 2 atom stereocenters. The van der Waals surface area contributed by atoms with Gasteiger partial charge in [-0.1, -0.05) is 23.7 Å². The number of aryl methyl sites for hydroxylation is 1. The molecule has 1 aliphatic heterocycles. The van der Waals surface area contributed by atoms with Gasteiger partial charge >= 0.3 is 0 Å². The van der Waals surface area contributed by atoms with E-state index < -0.39 is 0 Å². The minimum Gasteiger partial charge on any atom is -0.490 e. The summed E-state index contributed by atoms with van der Waals surface area (Å²) >= 11 is 6.22. The highest BCUT2D eigenvalue weighted by molar-refractivity contribution is 6.31. The van der Waals surface area contributed by atoms with Crippen LogP contribution in [-0.4, -0.2) is 40.3 Å². The Labute approximate surface area is 170 Å². The predicted molar refractivity (Wildman–Crippen MR) is 107 cm³/mol. The van der Waals surface area contributed by atoms with E-state index in [1.807, 2.05) is 30.4 Å². The number of benzene rings is 1. The molecule has 0 spiro atoms. The van der Waals surface area contributed by atoms with Crippen molar-refractivity contribution in [2.45, 2.75) is 46.1 Å². The molecule has 0 aliphatic carbocycles. The van der Waals surface area contributed by atoms with Crippen LogP contribution in [0.15, 0.2) is 24.3 Å². The van der Waals surface area contributed by atoms with Gasteiger partial charge in [-0.15, -0.1) is 0 Å². The van der Waals surface area contributed by atoms with Gasteiger partial charge in [0.05, 0.1) is 29.1 Å². The van der Waals surface area contributed by atoms with Gasteiger partial charge in [0, 0.05) is 25.4 Å². The van der Waals surface area contributed by atoms with E-state index in [2.05, 4.69) is 5.10 Å². The zero-order valence-electron chi connectivity index (χ0n) is 16.6. The number of piperidine rings is 1. The molecule has 1 fully saturated rings. The van der Waals surface area contributed by atoms with Crippen LogP contribution in [0.5, 0.6) is 5.75 Å². The van der Waals surface area contributed by atoms with Crippen molar-refractivity contribution in [2.24, 2.45) is 5.92 Å².